The number of ether oxygens (including phenoxy) is 1. The zero-order chi connectivity index (χ0) is 50.2. The van der Waals surface area contributed by atoms with Gasteiger partial charge in [-0.3, -0.25) is 0 Å². The van der Waals surface area contributed by atoms with Crippen LogP contribution in [0.2, 0.25) is 0 Å². The molecule has 0 amide bonds. The van der Waals surface area contributed by atoms with Crippen LogP contribution in [-0.4, -0.2) is 36.4 Å². The lowest BCUT2D eigenvalue weighted by Gasteiger charge is -2.32. The first-order chi connectivity index (χ1) is 33.7. The van der Waals surface area contributed by atoms with Crippen molar-refractivity contribution in [1.82, 2.24) is 4.98 Å². The predicted octanol–water partition coefficient (Wildman–Crippen LogP) is 1.05. The van der Waals surface area contributed by atoms with Gasteiger partial charge in [-0.2, -0.15) is 0 Å². The smallest absolute Gasteiger partial charge is 0.464 e. The molecule has 0 unspecified atom stereocenters. The minimum absolute atomic E-state index is 0.266. The van der Waals surface area contributed by atoms with Gasteiger partial charge in [0.2, 0.25) is 0 Å². The van der Waals surface area contributed by atoms with Gasteiger partial charge >= 0.3 is 13.1 Å². The molecule has 0 aromatic carbocycles. The Kier molecular flexibility index (Phi) is 64.4. The maximum absolute atomic E-state index is 11.3. The molecule has 1 aliphatic heterocycles. The number of aromatic nitrogens is 1. The number of esters is 1. The molecule has 1 fully saturated rings. The van der Waals surface area contributed by atoms with Crippen molar-refractivity contribution in [2.24, 2.45) is 0 Å². The fourth-order valence-corrected chi connectivity index (χ4v) is 129. The van der Waals surface area contributed by atoms with E-state index in [-0.39, 0.29) is 5.69 Å². The highest BCUT2D eigenvalue weighted by Gasteiger charge is 2.51. The maximum atomic E-state index is 11.3. The van der Waals surface area contributed by atoms with Crippen LogP contribution in [0, 0.1) is 0 Å². The average Bonchev–Trinajstić information content (AvgIpc) is 3.57. The van der Waals surface area contributed by atoms with Gasteiger partial charge in [-0.15, -0.1) is 0 Å². The molecule has 5 nitrogen and oxygen atoms in total. The predicted molar refractivity (Wildman–Crippen MR) is 440 cm³/mol. The molecule has 0 radical (unpaired) electrons. The number of hydrogen-bond donors (Lipinski definition) is 0. The topological polar surface area (TPSA) is 57.7 Å². The van der Waals surface area contributed by atoms with Crippen LogP contribution in [0.15, 0.2) is 18.3 Å². The van der Waals surface area contributed by atoms with Gasteiger partial charge in [-0.25, -0.2) is 9.78 Å². The third kappa shape index (κ3) is 48.5. The number of methoxy groups -OCH3 is 1. The summed E-state index contributed by atoms with van der Waals surface area (Å²) in [6, 6.07) is 3.37. The van der Waals surface area contributed by atoms with E-state index in [4.69, 9.17) is 31.7 Å². The second-order valence-electron chi connectivity index (χ2n) is 8.82. The number of carbonyl (C=O) groups is 1. The van der Waals surface area contributed by atoms with Gasteiger partial charge in [-0.05, 0) is 33.8 Å². The van der Waals surface area contributed by atoms with E-state index in [2.05, 4.69) is 9.72 Å². The molecule has 1 saturated heterocycles. The average molecular weight is 1870 g/mol. The second kappa shape index (κ2) is 58.0. The molecule has 0 bridgehead atoms. The van der Waals surface area contributed by atoms with Crippen molar-refractivity contribution < 1.29 is 18.8 Å². The Morgan fingerprint density at radius 1 is 0.406 bits per heavy atom. The molecule has 0 atom stereocenters. The van der Waals surface area contributed by atoms with Crippen LogP contribution in [0.3, 0.4) is 0 Å². The summed E-state index contributed by atoms with van der Waals surface area (Å²) in [7, 11) is 86.6. The second-order valence-corrected chi connectivity index (χ2v) is 93.7. The first-order valence-electron chi connectivity index (χ1n) is 14.3. The van der Waals surface area contributed by atoms with Gasteiger partial charge in [0.1, 0.15) is 5.69 Å². The lowest BCUT2D eigenvalue weighted by molar-refractivity contribution is 0.00578. The van der Waals surface area contributed by atoms with Crippen LogP contribution >= 0.6 is 0 Å². The summed E-state index contributed by atoms with van der Waals surface area (Å²) in [5.41, 5.74) is 0.270. The Hall–Kier alpha value is 9.60. The molecular weight excluding hydrogens is 1850 g/mol. The minimum atomic E-state index is -0.468. The Labute approximate surface area is 546 Å². The third-order valence-electron chi connectivity index (χ3n) is 5.01. The fourth-order valence-electron chi connectivity index (χ4n) is 2.27. The normalized spacial score (nSPS) is 11.2. The Morgan fingerprint density at radius 3 is 0.768 bits per heavy atom. The molecule has 1 aromatic rings. The van der Waals surface area contributed by atoms with E-state index in [0.717, 1.165) is 5.46 Å². The lowest BCUT2D eigenvalue weighted by Crippen LogP contribution is -2.41. The molecule has 56 heteroatoms. The highest BCUT2D eigenvalue weighted by atomic mass is 33.5. The maximum Gasteiger partial charge on any atom is 0.496 e. The van der Waals surface area contributed by atoms with E-state index in [1.54, 1.807) is 125 Å². The first kappa shape index (κ1) is 76.6. The fraction of sp³-hybridized carbons (Fsp3) is 0.538. The zero-order valence-corrected chi connectivity index (χ0v) is 73.1. The molecule has 1 aromatic heterocycles. The van der Waals surface area contributed by atoms with Crippen molar-refractivity contribution in [3.63, 3.8) is 0 Å². The molecule has 1 aliphatic rings. The van der Waals surface area contributed by atoms with Gasteiger partial charge in [0.25, 0.3) is 0 Å². The van der Waals surface area contributed by atoms with Gasteiger partial charge < -0.3 is 14.0 Å². The summed E-state index contributed by atoms with van der Waals surface area (Å²) in [4.78, 5) is 15.4. The van der Waals surface area contributed by atoms with Gasteiger partial charge in [-0.1, -0.05) is 6.07 Å². The van der Waals surface area contributed by atoms with Gasteiger partial charge in [0.05, 0.1) is 18.3 Å². The van der Waals surface area contributed by atoms with Crippen LogP contribution in [0.25, 0.3) is 0 Å². The van der Waals surface area contributed by atoms with E-state index in [9.17, 15) is 4.79 Å². The van der Waals surface area contributed by atoms with Crippen LogP contribution in [0.4, 0.5) is 0 Å². The monoisotopic (exact) mass is 1860 g/mol. The Bertz CT molecular complexity index is 4080. The van der Waals surface area contributed by atoms with E-state index in [1.165, 1.54) is 24.9 Å². The molecule has 2 heterocycles. The highest BCUT2D eigenvalue weighted by Crippen LogP contribution is 2.36. The van der Waals surface area contributed by atoms with Crippen LogP contribution in [0.5, 0.6) is 0 Å². The SMILES string of the molecule is COC(=O)c1ccc(B2OC(C)(C)C(C)(C)O2)cn1.S=S=S=S=S=S=S=S=S=S=S=S=S=S=S=S=S=S=S=S=S=S=S=S=S=S=S=S=S=S=S=S=S=S=S=S=S=S=S=S=S=S=S=S=S=S=S=S=S=S. The number of nitrogens with zero attached hydrogens (tertiary/aromatic N) is 1. The number of hydrogen-bond acceptors (Lipinski definition) is 7. The van der Waals surface area contributed by atoms with Crippen molar-refractivity contribution in [2.75, 3.05) is 7.11 Å². The van der Waals surface area contributed by atoms with Crippen molar-refractivity contribution >= 4 is 467 Å². The summed E-state index contributed by atoms with van der Waals surface area (Å²) < 4.78 is 16.4. The van der Waals surface area contributed by atoms with Crippen molar-refractivity contribution in [2.45, 2.75) is 38.9 Å². The summed E-state index contributed by atoms with van der Waals surface area (Å²) in [5.74, 6) is -0.458. The van der Waals surface area contributed by atoms with Crippen molar-refractivity contribution in [3.8, 4) is 0 Å². The van der Waals surface area contributed by atoms with E-state index in [0.29, 0.717) is 0 Å². The van der Waals surface area contributed by atoms with Gasteiger partial charge in [0, 0.05) is 460 Å². The minimum Gasteiger partial charge on any atom is -0.464 e. The Balaban J connectivity index is 0.00000103. The Morgan fingerprint density at radius 2 is 0.609 bits per heavy atom. The van der Waals surface area contributed by atoms with Crippen molar-refractivity contribution in [1.29, 1.82) is 0 Å². The molecule has 0 saturated carbocycles. The van der Waals surface area contributed by atoms with Crippen molar-refractivity contribution in [3.05, 3.63) is 24.0 Å². The standard InChI is InChI=1S/C13H18BNO4.S50/c1-12(2)13(3,4)19-14(18-12)9-6-7-10(15-8-9)11(16)17-5;1-3-5-7-9-11-13-15-17-19-21-23-25-27-29-31-33-35-37-39-41-43-45-47-49-50-48-46-44-42-40-38-36-34-32-30-28-26-24-22-20-18-16-14-12-10-8-6-4-2/h6-8H,1-5H3;. The molecule has 2 rings (SSSR count). The first-order valence-corrected chi connectivity index (χ1v) is 79.7. The lowest BCUT2D eigenvalue weighted by atomic mass is 9.80. The van der Waals surface area contributed by atoms with Crippen LogP contribution in [0.1, 0.15) is 38.2 Å². The molecule has 0 spiro atoms. The summed E-state index contributed by atoms with van der Waals surface area (Å²) in [5, 5.41) is 0. The van der Waals surface area contributed by atoms with E-state index < -0.39 is 24.3 Å². The summed E-state index contributed by atoms with van der Waals surface area (Å²) >= 11 is 9.62. The molecule has 0 N–H and O–H groups in total. The molecule has 402 valence electrons. The zero-order valence-electron chi connectivity index (χ0n) is 32.3. The van der Waals surface area contributed by atoms with E-state index in [1.807, 2.05) is 330 Å². The third-order valence-corrected chi connectivity index (χ3v) is 109. The summed E-state index contributed by atoms with van der Waals surface area (Å²) in [6.07, 6.45) is 1.58. The number of rotatable bonds is 2. The highest BCUT2D eigenvalue weighted by molar-refractivity contribution is 8.82. The molecular formula is C13H18BNO4S50. The number of carbonyl (C=O) groups excluding carboxylic acids is 1. The van der Waals surface area contributed by atoms with Crippen LogP contribution in [-0.2, 0) is 463 Å². The van der Waals surface area contributed by atoms with E-state index >= 15 is 0 Å². The largest absolute Gasteiger partial charge is 0.496 e. The van der Waals surface area contributed by atoms with Gasteiger partial charge in [0.15, 0.2) is 0 Å². The quantitative estimate of drug-likeness (QED) is 0.325. The summed E-state index contributed by atoms with van der Waals surface area (Å²) in [6.45, 7) is 7.96. The molecule has 0 aliphatic carbocycles. The number of pyridine rings is 1. The van der Waals surface area contributed by atoms with Crippen LogP contribution < -0.4 is 5.46 Å². The molecule has 69 heavy (non-hydrogen) atoms.